The van der Waals surface area contributed by atoms with E-state index in [1.807, 2.05) is 6.07 Å². The Morgan fingerprint density at radius 2 is 1.85 bits per heavy atom. The first kappa shape index (κ1) is 20.7. The number of benzene rings is 2. The van der Waals surface area contributed by atoms with Crippen molar-refractivity contribution in [1.82, 2.24) is 10.9 Å². The van der Waals surface area contributed by atoms with Crippen LogP contribution in [-0.2, 0) is 4.79 Å². The average molecular weight is 452 g/mol. The van der Waals surface area contributed by atoms with Gasteiger partial charge < -0.3 is 10.4 Å². The Hall–Kier alpha value is -2.60. The van der Waals surface area contributed by atoms with Crippen molar-refractivity contribution in [3.8, 4) is 6.07 Å². The molecule has 0 aliphatic rings. The number of rotatable bonds is 5. The largest absolute Gasteiger partial charge is 0.391 e. The van der Waals surface area contributed by atoms with Gasteiger partial charge in [-0.25, -0.2) is 0 Å². The molecule has 4 N–H and O–H groups in total. The Morgan fingerprint density at radius 1 is 1.19 bits per heavy atom. The number of nitrogens with one attached hydrogen (secondary N) is 3. The van der Waals surface area contributed by atoms with E-state index in [4.69, 9.17) is 16.9 Å². The van der Waals surface area contributed by atoms with Crippen LogP contribution in [0, 0.1) is 11.3 Å². The second kappa shape index (κ2) is 9.37. The van der Waals surface area contributed by atoms with E-state index in [2.05, 4.69) is 32.1 Å². The molecular weight excluding hydrogens is 436 g/mol. The van der Waals surface area contributed by atoms with Crippen molar-refractivity contribution in [2.75, 3.05) is 5.32 Å². The quantitative estimate of drug-likeness (QED) is 0.522. The number of hydrazine groups is 1. The molecule has 0 aromatic heterocycles. The Kier molecular flexibility index (Phi) is 7.19. The molecule has 9 heteroatoms. The average Bonchev–Trinajstić information content (AvgIpc) is 2.64. The fraction of sp³-hybridized carbons (Fsp3) is 0.167. The van der Waals surface area contributed by atoms with Crippen LogP contribution < -0.4 is 16.2 Å². The molecule has 140 valence electrons. The van der Waals surface area contributed by atoms with Gasteiger partial charge >= 0.3 is 0 Å². The second-order valence-electron chi connectivity index (χ2n) is 5.62. The molecule has 2 aromatic rings. The van der Waals surface area contributed by atoms with E-state index >= 15 is 0 Å². The third kappa shape index (κ3) is 5.69. The van der Waals surface area contributed by atoms with Crippen molar-refractivity contribution in [3.63, 3.8) is 0 Å². The monoisotopic (exact) mass is 450 g/mol. The number of carbonyl (C=O) groups excluding carboxylic acids is 2. The molecule has 2 atom stereocenters. The summed E-state index contributed by atoms with van der Waals surface area (Å²) in [5.74, 6) is -1.14. The van der Waals surface area contributed by atoms with Gasteiger partial charge in [0.1, 0.15) is 12.1 Å². The number of nitrogens with zero attached hydrogens (tertiary/aromatic N) is 1. The van der Waals surface area contributed by atoms with Crippen molar-refractivity contribution in [2.45, 2.75) is 19.1 Å². The molecule has 0 fully saturated rings. The van der Waals surface area contributed by atoms with Crippen LogP contribution >= 0.6 is 27.5 Å². The minimum Gasteiger partial charge on any atom is -0.391 e. The van der Waals surface area contributed by atoms with E-state index in [-0.39, 0.29) is 5.02 Å². The lowest BCUT2D eigenvalue weighted by atomic mass is 10.1. The summed E-state index contributed by atoms with van der Waals surface area (Å²) >= 11 is 9.24. The van der Waals surface area contributed by atoms with Crippen molar-refractivity contribution >= 4 is 45.0 Å². The maximum atomic E-state index is 12.3. The van der Waals surface area contributed by atoms with Gasteiger partial charge in [-0.2, -0.15) is 5.26 Å². The Labute approximate surface area is 169 Å². The number of carbonyl (C=O) groups is 2. The van der Waals surface area contributed by atoms with Crippen LogP contribution in [0.2, 0.25) is 5.02 Å². The van der Waals surface area contributed by atoms with Gasteiger partial charge in [-0.3, -0.25) is 20.4 Å². The van der Waals surface area contributed by atoms with Crippen LogP contribution in [0.1, 0.15) is 22.8 Å². The minimum atomic E-state index is -1.07. The van der Waals surface area contributed by atoms with Gasteiger partial charge in [0.15, 0.2) is 0 Å². The van der Waals surface area contributed by atoms with E-state index in [1.54, 1.807) is 30.3 Å². The lowest BCUT2D eigenvalue weighted by Gasteiger charge is -2.22. The molecule has 7 nitrogen and oxygen atoms in total. The topological polar surface area (TPSA) is 114 Å². The first-order valence-electron chi connectivity index (χ1n) is 7.82. The fourth-order valence-corrected chi connectivity index (χ4v) is 2.64. The SMILES string of the molecule is CC(O)C(Nc1ccc(C#N)c(Cl)c1)C(=O)NNC(=O)c1ccc(Br)cc1. The zero-order valence-corrected chi connectivity index (χ0v) is 16.5. The van der Waals surface area contributed by atoms with E-state index in [0.29, 0.717) is 16.8 Å². The van der Waals surface area contributed by atoms with Crippen molar-refractivity contribution in [1.29, 1.82) is 5.26 Å². The van der Waals surface area contributed by atoms with Crippen LogP contribution in [0.3, 0.4) is 0 Å². The number of hydrogen-bond acceptors (Lipinski definition) is 5. The number of anilines is 1. The molecule has 0 saturated heterocycles. The molecule has 27 heavy (non-hydrogen) atoms. The fourth-order valence-electron chi connectivity index (χ4n) is 2.15. The highest BCUT2D eigenvalue weighted by molar-refractivity contribution is 9.10. The van der Waals surface area contributed by atoms with Gasteiger partial charge in [0, 0.05) is 15.7 Å². The van der Waals surface area contributed by atoms with Gasteiger partial charge in [0.2, 0.25) is 0 Å². The number of halogens is 2. The molecule has 0 heterocycles. The zero-order valence-electron chi connectivity index (χ0n) is 14.2. The smallest absolute Gasteiger partial charge is 0.269 e. The summed E-state index contributed by atoms with van der Waals surface area (Å²) in [6, 6.07) is 12.0. The molecule has 0 bridgehead atoms. The predicted molar refractivity (Wildman–Crippen MR) is 105 cm³/mol. The molecule has 2 aromatic carbocycles. The van der Waals surface area contributed by atoms with Crippen LogP contribution in [-0.4, -0.2) is 29.1 Å². The standard InChI is InChI=1S/C18H16BrClN4O3/c1-10(25)16(22-14-7-4-12(9-21)15(20)8-14)18(27)24-23-17(26)11-2-5-13(19)6-3-11/h2-8,10,16,22,25H,1H3,(H,23,26)(H,24,27). The van der Waals surface area contributed by atoms with Crippen LogP contribution in [0.25, 0.3) is 0 Å². The molecule has 0 aliphatic heterocycles. The highest BCUT2D eigenvalue weighted by atomic mass is 79.9. The van der Waals surface area contributed by atoms with Crippen molar-refractivity contribution in [2.24, 2.45) is 0 Å². The lowest BCUT2D eigenvalue weighted by Crippen LogP contribution is -2.52. The third-order valence-corrected chi connectivity index (χ3v) is 4.42. The number of nitriles is 1. The highest BCUT2D eigenvalue weighted by Crippen LogP contribution is 2.21. The van der Waals surface area contributed by atoms with Crippen LogP contribution in [0.4, 0.5) is 5.69 Å². The molecule has 2 amide bonds. The Morgan fingerprint density at radius 3 is 2.41 bits per heavy atom. The van der Waals surface area contributed by atoms with Gasteiger partial charge in [-0.1, -0.05) is 27.5 Å². The zero-order chi connectivity index (χ0) is 20.0. The van der Waals surface area contributed by atoms with E-state index in [9.17, 15) is 14.7 Å². The van der Waals surface area contributed by atoms with E-state index < -0.39 is 24.0 Å². The summed E-state index contributed by atoms with van der Waals surface area (Å²) < 4.78 is 0.822. The first-order chi connectivity index (χ1) is 12.8. The second-order valence-corrected chi connectivity index (χ2v) is 6.94. The molecular formula is C18H16BrClN4O3. The summed E-state index contributed by atoms with van der Waals surface area (Å²) in [4.78, 5) is 24.4. The summed E-state index contributed by atoms with van der Waals surface area (Å²) in [5.41, 5.74) is 5.67. The van der Waals surface area contributed by atoms with Crippen molar-refractivity contribution < 1.29 is 14.7 Å². The minimum absolute atomic E-state index is 0.218. The number of aliphatic hydroxyl groups excluding tert-OH is 1. The molecule has 2 rings (SSSR count). The van der Waals surface area contributed by atoms with Gasteiger partial charge in [0.25, 0.3) is 11.8 Å². The highest BCUT2D eigenvalue weighted by Gasteiger charge is 2.24. The maximum Gasteiger partial charge on any atom is 0.269 e. The van der Waals surface area contributed by atoms with Crippen molar-refractivity contribution in [3.05, 3.63) is 63.1 Å². The van der Waals surface area contributed by atoms with Gasteiger partial charge in [-0.15, -0.1) is 0 Å². The first-order valence-corrected chi connectivity index (χ1v) is 8.99. The molecule has 0 saturated carbocycles. The molecule has 2 unspecified atom stereocenters. The van der Waals surface area contributed by atoms with Crippen LogP contribution in [0.15, 0.2) is 46.9 Å². The lowest BCUT2D eigenvalue weighted by molar-refractivity contribution is -0.124. The third-order valence-electron chi connectivity index (χ3n) is 3.58. The summed E-state index contributed by atoms with van der Waals surface area (Å²) in [6.45, 7) is 1.43. The molecule has 0 radical (unpaired) electrons. The number of amides is 2. The summed E-state index contributed by atoms with van der Waals surface area (Å²) in [5, 5.41) is 21.8. The van der Waals surface area contributed by atoms with Gasteiger partial charge in [-0.05, 0) is 49.4 Å². The summed E-state index contributed by atoms with van der Waals surface area (Å²) in [6.07, 6.45) is -1.07. The molecule has 0 aliphatic carbocycles. The predicted octanol–water partition coefficient (Wildman–Crippen LogP) is 2.60. The van der Waals surface area contributed by atoms with Crippen LogP contribution in [0.5, 0.6) is 0 Å². The number of aliphatic hydroxyl groups is 1. The Balaban J connectivity index is 2.02. The normalized spacial score (nSPS) is 12.4. The number of hydrogen-bond donors (Lipinski definition) is 4. The van der Waals surface area contributed by atoms with E-state index in [0.717, 1.165) is 4.47 Å². The summed E-state index contributed by atoms with van der Waals surface area (Å²) in [7, 11) is 0. The Bertz CT molecular complexity index is 881. The molecule has 0 spiro atoms. The maximum absolute atomic E-state index is 12.3. The van der Waals surface area contributed by atoms with Gasteiger partial charge in [0.05, 0.1) is 16.7 Å². The van der Waals surface area contributed by atoms with E-state index in [1.165, 1.54) is 19.1 Å².